The van der Waals surface area contributed by atoms with E-state index in [1.807, 2.05) is 0 Å². The molecule has 4 atom stereocenters. The summed E-state index contributed by atoms with van der Waals surface area (Å²) in [5.74, 6) is 0. The molecule has 2 N–H and O–H groups in total. The lowest BCUT2D eigenvalue weighted by atomic mass is 9.97. The molecule has 3 heterocycles. The van der Waals surface area contributed by atoms with Crippen molar-refractivity contribution in [3.63, 3.8) is 0 Å². The predicted molar refractivity (Wildman–Crippen MR) is 92.1 cm³/mol. The van der Waals surface area contributed by atoms with Crippen LogP contribution in [0.15, 0.2) is 21.9 Å². The second-order valence-electron chi connectivity index (χ2n) is 6.29. The van der Waals surface area contributed by atoms with Crippen LogP contribution < -0.4 is 11.2 Å². The van der Waals surface area contributed by atoms with E-state index in [4.69, 9.17) is 27.6 Å². The third-order valence-electron chi connectivity index (χ3n) is 4.43. The van der Waals surface area contributed by atoms with Gasteiger partial charge in [-0.05, 0) is 0 Å². The van der Waals surface area contributed by atoms with E-state index in [9.17, 15) is 23.6 Å². The molecule has 2 saturated heterocycles. The fourth-order valence-electron chi connectivity index (χ4n) is 3.00. The minimum Gasteiger partial charge on any atom is -0.374 e. The molecule has 28 heavy (non-hydrogen) atoms. The van der Waals surface area contributed by atoms with Crippen molar-refractivity contribution in [1.29, 1.82) is 0 Å². The van der Waals surface area contributed by atoms with Gasteiger partial charge in [0.25, 0.3) is 5.56 Å². The van der Waals surface area contributed by atoms with Crippen molar-refractivity contribution in [2.75, 3.05) is 34.1 Å². The molecule has 1 aromatic rings. The lowest BCUT2D eigenvalue weighted by Crippen LogP contribution is -2.53. The number of phosphoric acid groups is 1. The first kappa shape index (κ1) is 21.6. The molecule has 0 aromatic carbocycles. The Labute approximate surface area is 158 Å². The Kier molecular flexibility index (Phi) is 5.85. The van der Waals surface area contributed by atoms with Crippen molar-refractivity contribution in [3.05, 3.63) is 33.1 Å². The predicted octanol–water partition coefficient (Wildman–Crippen LogP) is -0.179. The van der Waals surface area contributed by atoms with Crippen LogP contribution in [0.2, 0.25) is 0 Å². The van der Waals surface area contributed by atoms with Crippen LogP contribution in [0.1, 0.15) is 6.23 Å². The molecular formula is C13H20N2O11P2. The fourth-order valence-corrected chi connectivity index (χ4v) is 4.65. The van der Waals surface area contributed by atoms with Gasteiger partial charge in [0.05, 0.1) is 13.2 Å². The topological polar surface area (TPSA) is 165 Å². The Morgan fingerprint density at radius 3 is 2.54 bits per heavy atom. The number of hydrogen-bond donors (Lipinski definition) is 2. The van der Waals surface area contributed by atoms with Gasteiger partial charge in [-0.15, -0.1) is 0 Å². The molecule has 2 unspecified atom stereocenters. The molecule has 15 heteroatoms. The number of nitrogens with zero attached hydrogens (tertiary/aromatic N) is 1. The Morgan fingerprint density at radius 2 is 2.00 bits per heavy atom. The van der Waals surface area contributed by atoms with E-state index in [1.165, 1.54) is 27.1 Å². The molecule has 2 fully saturated rings. The van der Waals surface area contributed by atoms with Gasteiger partial charge in [0.1, 0.15) is 17.8 Å². The van der Waals surface area contributed by atoms with Crippen LogP contribution in [0.25, 0.3) is 0 Å². The third kappa shape index (κ3) is 4.09. The maximum Gasteiger partial charge on any atom is 0.472 e. The maximum absolute atomic E-state index is 12.5. The summed E-state index contributed by atoms with van der Waals surface area (Å²) in [5, 5.41) is 0. The second-order valence-corrected chi connectivity index (χ2v) is 9.86. The Bertz CT molecular complexity index is 931. The van der Waals surface area contributed by atoms with E-state index in [0.717, 1.165) is 10.6 Å². The van der Waals surface area contributed by atoms with E-state index in [-0.39, 0.29) is 0 Å². The number of phosphoric ester groups is 1. The second kappa shape index (κ2) is 7.60. The number of methoxy groups -OCH3 is 1. The van der Waals surface area contributed by atoms with Crippen molar-refractivity contribution in [2.24, 2.45) is 0 Å². The van der Waals surface area contributed by atoms with Gasteiger partial charge in [0, 0.05) is 33.1 Å². The quantitative estimate of drug-likeness (QED) is 0.581. The highest BCUT2D eigenvalue weighted by atomic mass is 31.2. The Hall–Kier alpha value is -1.14. The largest absolute Gasteiger partial charge is 0.472 e. The Morgan fingerprint density at radius 1 is 1.36 bits per heavy atom. The monoisotopic (exact) mass is 442 g/mol. The van der Waals surface area contributed by atoms with E-state index < -0.39 is 63.9 Å². The SMILES string of the molecule is COC1[C@H](n2ccc(=O)[nH]c2=O)OC2(COP(=O)(O)OC2)[C@@H]1OP(C)(=O)OC. The number of aromatic amines is 1. The zero-order valence-corrected chi connectivity index (χ0v) is 17.0. The molecule has 0 radical (unpaired) electrons. The number of H-pyrrole nitrogens is 1. The van der Waals surface area contributed by atoms with Crippen LogP contribution in [-0.4, -0.2) is 66.4 Å². The lowest BCUT2D eigenvalue weighted by Gasteiger charge is -2.38. The lowest BCUT2D eigenvalue weighted by molar-refractivity contribution is -0.162. The molecule has 0 aliphatic carbocycles. The summed E-state index contributed by atoms with van der Waals surface area (Å²) in [6, 6.07) is 1.11. The Balaban J connectivity index is 2.04. The third-order valence-corrected chi connectivity index (χ3v) is 6.62. The highest BCUT2D eigenvalue weighted by Crippen LogP contribution is 2.56. The van der Waals surface area contributed by atoms with E-state index in [0.29, 0.717) is 0 Å². The van der Waals surface area contributed by atoms with E-state index >= 15 is 0 Å². The summed E-state index contributed by atoms with van der Waals surface area (Å²) in [4.78, 5) is 35.1. The first-order valence-corrected chi connectivity index (χ1v) is 11.5. The van der Waals surface area contributed by atoms with Crippen LogP contribution >= 0.6 is 15.4 Å². The van der Waals surface area contributed by atoms with Crippen LogP contribution in [0.4, 0.5) is 0 Å². The molecule has 0 amide bonds. The average molecular weight is 442 g/mol. The van der Waals surface area contributed by atoms with Gasteiger partial charge in [-0.3, -0.25) is 32.5 Å². The summed E-state index contributed by atoms with van der Waals surface area (Å²) >= 11 is 0. The number of ether oxygens (including phenoxy) is 2. The molecule has 2 aliphatic rings. The minimum atomic E-state index is -4.28. The first-order valence-electron chi connectivity index (χ1n) is 7.98. The number of rotatable bonds is 5. The van der Waals surface area contributed by atoms with Gasteiger partial charge in [0.15, 0.2) is 6.23 Å². The summed E-state index contributed by atoms with van der Waals surface area (Å²) in [6.07, 6.45) is -2.16. The average Bonchev–Trinajstić information content (AvgIpc) is 2.91. The smallest absolute Gasteiger partial charge is 0.374 e. The summed E-state index contributed by atoms with van der Waals surface area (Å²) in [6.45, 7) is 0.279. The van der Waals surface area contributed by atoms with Gasteiger partial charge in [-0.1, -0.05) is 0 Å². The molecule has 2 aliphatic heterocycles. The zero-order valence-electron chi connectivity index (χ0n) is 15.2. The van der Waals surface area contributed by atoms with Gasteiger partial charge in [-0.2, -0.15) is 0 Å². The van der Waals surface area contributed by atoms with Crippen LogP contribution in [0.5, 0.6) is 0 Å². The number of aromatic nitrogens is 2. The van der Waals surface area contributed by atoms with Crippen LogP contribution in [0.3, 0.4) is 0 Å². The molecule has 0 bridgehead atoms. The molecule has 158 valence electrons. The van der Waals surface area contributed by atoms with Gasteiger partial charge < -0.3 is 18.9 Å². The van der Waals surface area contributed by atoms with Gasteiger partial charge in [0.2, 0.25) is 0 Å². The summed E-state index contributed by atoms with van der Waals surface area (Å²) in [7, 11) is -5.37. The number of nitrogens with one attached hydrogen (secondary N) is 1. The molecular weight excluding hydrogens is 422 g/mol. The molecule has 1 spiro atoms. The van der Waals surface area contributed by atoms with Crippen LogP contribution in [0, 0.1) is 0 Å². The highest BCUT2D eigenvalue weighted by Gasteiger charge is 2.62. The summed E-state index contributed by atoms with van der Waals surface area (Å²) in [5.41, 5.74) is -2.94. The van der Waals surface area contributed by atoms with Crippen molar-refractivity contribution in [1.82, 2.24) is 9.55 Å². The fraction of sp³-hybridized carbons (Fsp3) is 0.692. The van der Waals surface area contributed by atoms with Crippen molar-refractivity contribution in [3.8, 4) is 0 Å². The van der Waals surface area contributed by atoms with Gasteiger partial charge in [-0.25, -0.2) is 9.36 Å². The standard InChI is InChI=1S/C13H20N2O11P2/c1-21-9-10(26-27(3,18)22-2)13(6-23-28(19,20)24-7-13)25-11(9)15-5-4-8(16)14-12(15)17/h4-5,9-11H,6-7H2,1-3H3,(H,19,20)(H,14,16,17)/t9?,10-,11-,27?/m1/s1. The van der Waals surface area contributed by atoms with Gasteiger partial charge >= 0.3 is 21.1 Å². The zero-order chi connectivity index (χ0) is 20.7. The van der Waals surface area contributed by atoms with Crippen molar-refractivity contribution >= 4 is 15.4 Å². The van der Waals surface area contributed by atoms with Crippen LogP contribution in [-0.2, 0) is 36.7 Å². The minimum absolute atomic E-state index is 0.469. The van der Waals surface area contributed by atoms with E-state index in [2.05, 4.69) is 4.98 Å². The van der Waals surface area contributed by atoms with Crippen molar-refractivity contribution < 1.29 is 41.6 Å². The molecule has 1 aromatic heterocycles. The normalized spacial score (nSPS) is 37.8. The molecule has 3 rings (SSSR count). The molecule has 13 nitrogen and oxygen atoms in total. The summed E-state index contributed by atoms with van der Waals surface area (Å²) < 4.78 is 56.7. The maximum atomic E-state index is 12.5. The highest BCUT2D eigenvalue weighted by molar-refractivity contribution is 7.53. The number of hydrogen-bond acceptors (Lipinski definition) is 10. The first-order chi connectivity index (χ1) is 13.0. The van der Waals surface area contributed by atoms with Crippen molar-refractivity contribution in [2.45, 2.75) is 24.0 Å². The van der Waals surface area contributed by atoms with E-state index in [1.54, 1.807) is 0 Å². The molecule has 0 saturated carbocycles.